The van der Waals surface area contributed by atoms with Crippen LogP contribution in [0.3, 0.4) is 0 Å². The summed E-state index contributed by atoms with van der Waals surface area (Å²) in [4.78, 5) is 36.2. The maximum Gasteiger partial charge on any atom is 0.407 e. The number of carboxylic acid groups (broad SMARTS) is 1. The van der Waals surface area contributed by atoms with Crippen molar-refractivity contribution in [2.75, 3.05) is 11.9 Å². The number of amides is 2. The van der Waals surface area contributed by atoms with Gasteiger partial charge in [0, 0.05) is 11.6 Å². The lowest BCUT2D eigenvalue weighted by atomic mass is 9.98. The number of alkyl carbamates (subject to hydrolysis) is 1. The van der Waals surface area contributed by atoms with Crippen molar-refractivity contribution in [2.45, 2.75) is 25.3 Å². The molecule has 3 aromatic rings. The highest BCUT2D eigenvalue weighted by Crippen LogP contribution is 2.44. The van der Waals surface area contributed by atoms with E-state index in [1.807, 2.05) is 36.4 Å². The summed E-state index contributed by atoms with van der Waals surface area (Å²) in [6.45, 7) is 1.92. The van der Waals surface area contributed by atoms with Gasteiger partial charge in [0.05, 0.1) is 5.56 Å². The first-order chi connectivity index (χ1) is 16.0. The van der Waals surface area contributed by atoms with Crippen LogP contribution in [0.2, 0.25) is 0 Å². The fourth-order valence-electron chi connectivity index (χ4n) is 4.09. The second-order valence-corrected chi connectivity index (χ2v) is 7.81. The quantitative estimate of drug-likeness (QED) is 0.492. The first-order valence-electron chi connectivity index (χ1n) is 10.7. The summed E-state index contributed by atoms with van der Waals surface area (Å²) >= 11 is 0. The molecule has 168 valence electrons. The van der Waals surface area contributed by atoms with Gasteiger partial charge in [-0.15, -0.1) is 0 Å². The van der Waals surface area contributed by atoms with Crippen molar-refractivity contribution < 1.29 is 24.2 Å². The molecule has 7 heteroatoms. The predicted molar refractivity (Wildman–Crippen MR) is 124 cm³/mol. The van der Waals surface area contributed by atoms with Crippen LogP contribution in [0, 0.1) is 0 Å². The van der Waals surface area contributed by atoms with Gasteiger partial charge in [0.25, 0.3) is 0 Å². The van der Waals surface area contributed by atoms with Crippen molar-refractivity contribution in [1.82, 2.24) is 5.32 Å². The van der Waals surface area contributed by atoms with E-state index in [9.17, 15) is 14.4 Å². The molecule has 33 heavy (non-hydrogen) atoms. The first-order valence-corrected chi connectivity index (χ1v) is 10.7. The Balaban J connectivity index is 1.38. The van der Waals surface area contributed by atoms with Crippen molar-refractivity contribution >= 4 is 23.7 Å². The van der Waals surface area contributed by atoms with Gasteiger partial charge < -0.3 is 20.5 Å². The third-order valence-electron chi connectivity index (χ3n) is 5.74. The number of ether oxygens (including phenoxy) is 1. The standard InChI is InChI=1S/C26H24N2O5/c1-2-23(24(29)27-17-9-7-8-16(14-17)25(30)31)28-26(32)33-15-22-20-12-5-3-10-18(20)19-11-4-6-13-21(19)22/h3-14,22-23H,2,15H2,1H3,(H,27,29)(H,28,32)(H,30,31)/t23-/m0/s1. The van der Waals surface area contributed by atoms with Crippen LogP contribution in [0.4, 0.5) is 10.5 Å². The number of nitrogens with one attached hydrogen (secondary N) is 2. The van der Waals surface area contributed by atoms with Gasteiger partial charge in [-0.25, -0.2) is 9.59 Å². The van der Waals surface area contributed by atoms with E-state index in [1.165, 1.54) is 12.1 Å². The zero-order valence-electron chi connectivity index (χ0n) is 18.1. The van der Waals surface area contributed by atoms with Crippen LogP contribution in [0.15, 0.2) is 72.8 Å². The van der Waals surface area contributed by atoms with E-state index in [2.05, 4.69) is 22.8 Å². The lowest BCUT2D eigenvalue weighted by Crippen LogP contribution is -2.43. The van der Waals surface area contributed by atoms with Crippen molar-refractivity contribution in [3.8, 4) is 11.1 Å². The fraction of sp³-hybridized carbons (Fsp3) is 0.192. The monoisotopic (exact) mass is 444 g/mol. The molecule has 0 heterocycles. The molecular weight excluding hydrogens is 420 g/mol. The van der Waals surface area contributed by atoms with Crippen molar-refractivity contribution in [2.24, 2.45) is 0 Å². The number of carbonyl (C=O) groups excluding carboxylic acids is 2. The number of hydrogen-bond donors (Lipinski definition) is 3. The third kappa shape index (κ3) is 4.72. The Labute approximate surface area is 191 Å². The Bertz CT molecular complexity index is 1160. The van der Waals surface area contributed by atoms with Crippen LogP contribution in [0.1, 0.15) is 40.7 Å². The summed E-state index contributed by atoms with van der Waals surface area (Å²) in [6, 6.07) is 21.2. The number of carboxylic acids is 1. The zero-order valence-corrected chi connectivity index (χ0v) is 18.1. The summed E-state index contributed by atoms with van der Waals surface area (Å²) in [5.74, 6) is -1.61. The second kappa shape index (κ2) is 9.56. The van der Waals surface area contributed by atoms with Gasteiger partial charge in [-0.3, -0.25) is 4.79 Å². The molecule has 2 amide bonds. The van der Waals surface area contributed by atoms with Crippen LogP contribution >= 0.6 is 0 Å². The topological polar surface area (TPSA) is 105 Å². The van der Waals surface area contributed by atoms with Crippen LogP contribution in [0.25, 0.3) is 11.1 Å². The highest BCUT2D eigenvalue weighted by atomic mass is 16.5. The number of fused-ring (bicyclic) bond motifs is 3. The number of aromatic carboxylic acids is 1. The van der Waals surface area contributed by atoms with Crippen molar-refractivity contribution in [1.29, 1.82) is 0 Å². The predicted octanol–water partition coefficient (Wildman–Crippen LogP) is 4.64. The summed E-state index contributed by atoms with van der Waals surface area (Å²) in [5.41, 5.74) is 4.88. The number of benzene rings is 3. The molecule has 4 rings (SSSR count). The molecule has 0 bridgehead atoms. The van der Waals surface area contributed by atoms with E-state index in [-0.39, 0.29) is 18.1 Å². The van der Waals surface area contributed by atoms with E-state index in [4.69, 9.17) is 9.84 Å². The average Bonchev–Trinajstić information content (AvgIpc) is 3.15. The normalized spacial score (nSPS) is 12.9. The van der Waals surface area contributed by atoms with Crippen molar-refractivity contribution in [3.63, 3.8) is 0 Å². The number of anilines is 1. The molecule has 0 aromatic heterocycles. The van der Waals surface area contributed by atoms with E-state index in [0.717, 1.165) is 22.3 Å². The molecule has 3 aromatic carbocycles. The molecule has 3 N–H and O–H groups in total. The average molecular weight is 444 g/mol. The van der Waals surface area contributed by atoms with E-state index >= 15 is 0 Å². The molecule has 1 atom stereocenters. The van der Waals surface area contributed by atoms with Gasteiger partial charge in [0.15, 0.2) is 0 Å². The highest BCUT2D eigenvalue weighted by Gasteiger charge is 2.29. The molecule has 0 saturated carbocycles. The van der Waals surface area contributed by atoms with E-state index < -0.39 is 24.0 Å². The number of hydrogen-bond acceptors (Lipinski definition) is 4. The number of carbonyl (C=O) groups is 3. The van der Waals surface area contributed by atoms with Gasteiger partial charge >= 0.3 is 12.1 Å². The first kappa shape index (κ1) is 22.1. The molecule has 0 spiro atoms. The minimum absolute atomic E-state index is 0.0605. The molecule has 0 fully saturated rings. The Hall–Kier alpha value is -4.13. The van der Waals surface area contributed by atoms with Gasteiger partial charge in [-0.1, -0.05) is 61.5 Å². The molecule has 0 unspecified atom stereocenters. The Morgan fingerprint density at radius 2 is 1.58 bits per heavy atom. The van der Waals surface area contributed by atoms with Crippen LogP contribution < -0.4 is 10.6 Å². The minimum atomic E-state index is -1.09. The molecule has 1 aliphatic rings. The number of rotatable bonds is 7. The lowest BCUT2D eigenvalue weighted by molar-refractivity contribution is -0.118. The second-order valence-electron chi connectivity index (χ2n) is 7.81. The van der Waals surface area contributed by atoms with Crippen LogP contribution in [-0.2, 0) is 9.53 Å². The van der Waals surface area contributed by atoms with Gasteiger partial charge in [0.2, 0.25) is 5.91 Å². The molecule has 7 nitrogen and oxygen atoms in total. The maximum atomic E-state index is 12.6. The van der Waals surface area contributed by atoms with Crippen LogP contribution in [-0.4, -0.2) is 35.7 Å². The van der Waals surface area contributed by atoms with E-state index in [0.29, 0.717) is 12.1 Å². The van der Waals surface area contributed by atoms with Gasteiger partial charge in [-0.2, -0.15) is 0 Å². The smallest absolute Gasteiger partial charge is 0.407 e. The van der Waals surface area contributed by atoms with Gasteiger partial charge in [0.1, 0.15) is 12.6 Å². The molecule has 0 saturated heterocycles. The third-order valence-corrected chi connectivity index (χ3v) is 5.74. The van der Waals surface area contributed by atoms with Gasteiger partial charge in [-0.05, 0) is 46.9 Å². The molecule has 0 radical (unpaired) electrons. The largest absolute Gasteiger partial charge is 0.478 e. The Morgan fingerprint density at radius 3 is 2.18 bits per heavy atom. The summed E-state index contributed by atoms with van der Waals surface area (Å²) < 4.78 is 5.52. The summed E-state index contributed by atoms with van der Waals surface area (Å²) in [6.07, 6.45) is -0.340. The lowest BCUT2D eigenvalue weighted by Gasteiger charge is -2.19. The van der Waals surface area contributed by atoms with E-state index in [1.54, 1.807) is 19.1 Å². The minimum Gasteiger partial charge on any atom is -0.478 e. The zero-order chi connectivity index (χ0) is 23.4. The molecular formula is C26H24N2O5. The Kier molecular flexibility index (Phi) is 6.40. The maximum absolute atomic E-state index is 12.6. The summed E-state index contributed by atoms with van der Waals surface area (Å²) in [5, 5.41) is 14.4. The Morgan fingerprint density at radius 1 is 0.939 bits per heavy atom. The highest BCUT2D eigenvalue weighted by molar-refractivity contribution is 5.98. The van der Waals surface area contributed by atoms with Crippen LogP contribution in [0.5, 0.6) is 0 Å². The SMILES string of the molecule is CC[C@H](NC(=O)OCC1c2ccccc2-c2ccccc21)C(=O)Nc1cccc(C(=O)O)c1. The fourth-order valence-corrected chi connectivity index (χ4v) is 4.09. The van der Waals surface area contributed by atoms with Crippen molar-refractivity contribution in [3.05, 3.63) is 89.5 Å². The summed E-state index contributed by atoms with van der Waals surface area (Å²) in [7, 11) is 0. The molecule has 0 aliphatic heterocycles. The molecule has 1 aliphatic carbocycles.